The van der Waals surface area contributed by atoms with Gasteiger partial charge >= 0.3 is 0 Å². The van der Waals surface area contributed by atoms with Gasteiger partial charge in [-0.3, -0.25) is 9.78 Å². The lowest BCUT2D eigenvalue weighted by Crippen LogP contribution is -2.49. The number of benzene rings is 2. The zero-order valence-corrected chi connectivity index (χ0v) is 20.3. The van der Waals surface area contributed by atoms with Crippen molar-refractivity contribution >= 4 is 32.5 Å². The molecule has 0 saturated carbocycles. The van der Waals surface area contributed by atoms with Crippen molar-refractivity contribution in [3.63, 3.8) is 0 Å². The normalized spacial score (nSPS) is 17.1. The van der Waals surface area contributed by atoms with E-state index in [-0.39, 0.29) is 10.8 Å². The van der Waals surface area contributed by atoms with Crippen LogP contribution >= 0.6 is 0 Å². The van der Waals surface area contributed by atoms with Gasteiger partial charge in [-0.2, -0.15) is 4.31 Å². The molecule has 0 bridgehead atoms. The Morgan fingerprint density at radius 1 is 1.03 bits per heavy atom. The number of pyridine rings is 1. The molecular formula is C26H30N4O3S. The highest BCUT2D eigenvalue weighted by Gasteiger charge is 2.30. The Balaban J connectivity index is 1.16. The van der Waals surface area contributed by atoms with Crippen LogP contribution in [0.2, 0.25) is 0 Å². The lowest BCUT2D eigenvalue weighted by molar-refractivity contribution is -0.116. The van der Waals surface area contributed by atoms with Gasteiger partial charge in [0.25, 0.3) is 0 Å². The second-order valence-corrected chi connectivity index (χ2v) is 11.1. The van der Waals surface area contributed by atoms with Crippen LogP contribution in [0.1, 0.15) is 29.5 Å². The number of amides is 1. The van der Waals surface area contributed by atoms with Gasteiger partial charge in [0.15, 0.2) is 0 Å². The molecule has 1 aromatic heterocycles. The van der Waals surface area contributed by atoms with Gasteiger partial charge in [-0.15, -0.1) is 0 Å². The Hall–Kier alpha value is -2.81. The Kier molecular flexibility index (Phi) is 6.38. The van der Waals surface area contributed by atoms with Crippen LogP contribution in [-0.4, -0.2) is 61.2 Å². The van der Waals surface area contributed by atoms with Crippen molar-refractivity contribution in [3.05, 3.63) is 65.4 Å². The summed E-state index contributed by atoms with van der Waals surface area (Å²) in [6.45, 7) is 4.55. The number of hydrogen-bond donors (Lipinski definition) is 1. The van der Waals surface area contributed by atoms with Crippen LogP contribution in [0.15, 0.2) is 53.6 Å². The number of rotatable bonds is 6. The summed E-state index contributed by atoms with van der Waals surface area (Å²) in [6.07, 6.45) is 5.48. The van der Waals surface area contributed by atoms with Crippen LogP contribution in [0.3, 0.4) is 0 Å². The summed E-state index contributed by atoms with van der Waals surface area (Å²) in [4.78, 5) is 19.3. The Labute approximate surface area is 200 Å². The molecule has 5 rings (SSSR count). The predicted molar refractivity (Wildman–Crippen MR) is 133 cm³/mol. The first-order valence-electron chi connectivity index (χ1n) is 11.9. The number of aryl methyl sites for hydroxylation is 3. The van der Waals surface area contributed by atoms with E-state index in [0.717, 1.165) is 29.5 Å². The van der Waals surface area contributed by atoms with E-state index >= 15 is 0 Å². The number of piperazine rings is 1. The smallest absolute Gasteiger partial charge is 0.245 e. The van der Waals surface area contributed by atoms with E-state index < -0.39 is 10.0 Å². The van der Waals surface area contributed by atoms with Gasteiger partial charge in [0, 0.05) is 56.4 Å². The van der Waals surface area contributed by atoms with Crippen molar-refractivity contribution in [2.24, 2.45) is 0 Å². The fourth-order valence-corrected chi connectivity index (χ4v) is 6.50. The number of nitrogens with one attached hydrogen (secondary N) is 1. The number of anilines is 1. The second-order valence-electron chi connectivity index (χ2n) is 9.22. The number of carbonyl (C=O) groups excluding carboxylic acids is 1. The molecule has 1 aliphatic carbocycles. The molecule has 0 spiro atoms. The molecule has 178 valence electrons. The third-order valence-electron chi connectivity index (χ3n) is 6.80. The highest BCUT2D eigenvalue weighted by Crippen LogP contribution is 2.26. The van der Waals surface area contributed by atoms with E-state index in [1.165, 1.54) is 21.9 Å². The molecule has 0 unspecified atom stereocenters. The standard InChI is InChI=1S/C26H30N4O3S/c1-19-16-22-6-3-7-24(26(22)27-18-19)34(32,33)30-14-12-29(13-15-30)11-10-25(31)28-23-9-8-20-4-2-5-21(20)17-23/h3,6-9,16-18H,2,4-5,10-15H2,1H3,(H,28,31). The van der Waals surface area contributed by atoms with Gasteiger partial charge in [-0.25, -0.2) is 8.42 Å². The molecule has 1 amide bonds. The van der Waals surface area contributed by atoms with Gasteiger partial charge < -0.3 is 10.2 Å². The van der Waals surface area contributed by atoms with Crippen LogP contribution in [0.5, 0.6) is 0 Å². The van der Waals surface area contributed by atoms with Gasteiger partial charge in [0.05, 0.1) is 5.52 Å². The van der Waals surface area contributed by atoms with Crippen molar-refractivity contribution in [3.8, 4) is 0 Å². The van der Waals surface area contributed by atoms with Gasteiger partial charge in [-0.05, 0) is 67.1 Å². The average Bonchev–Trinajstić information content (AvgIpc) is 3.30. The minimum absolute atomic E-state index is 0.00915. The first kappa shape index (κ1) is 23.0. The van der Waals surface area contributed by atoms with E-state index in [1.54, 1.807) is 18.3 Å². The van der Waals surface area contributed by atoms with Gasteiger partial charge in [0.1, 0.15) is 4.90 Å². The molecule has 1 fully saturated rings. The molecule has 1 saturated heterocycles. The Bertz CT molecular complexity index is 1330. The Morgan fingerprint density at radius 2 is 1.82 bits per heavy atom. The second kappa shape index (κ2) is 9.44. The number of aromatic nitrogens is 1. The monoisotopic (exact) mass is 478 g/mol. The van der Waals surface area contributed by atoms with Gasteiger partial charge in [-0.1, -0.05) is 18.2 Å². The van der Waals surface area contributed by atoms with Crippen LogP contribution in [0.4, 0.5) is 5.69 Å². The molecule has 3 aromatic rings. The molecule has 7 nitrogen and oxygen atoms in total. The maximum absolute atomic E-state index is 13.3. The van der Waals surface area contributed by atoms with E-state index in [1.807, 2.05) is 25.1 Å². The summed E-state index contributed by atoms with van der Waals surface area (Å²) in [5, 5.41) is 3.84. The van der Waals surface area contributed by atoms with Crippen LogP contribution < -0.4 is 5.32 Å². The molecule has 2 aliphatic rings. The first-order valence-corrected chi connectivity index (χ1v) is 13.3. The predicted octanol–water partition coefficient (Wildman–Crippen LogP) is 3.37. The number of fused-ring (bicyclic) bond motifs is 2. The molecule has 0 atom stereocenters. The minimum Gasteiger partial charge on any atom is -0.326 e. The molecule has 1 N–H and O–H groups in total. The zero-order chi connectivity index (χ0) is 23.7. The molecule has 8 heteroatoms. The van der Waals surface area contributed by atoms with Crippen molar-refractivity contribution in [2.45, 2.75) is 37.5 Å². The van der Waals surface area contributed by atoms with Crippen LogP contribution in [0, 0.1) is 6.92 Å². The largest absolute Gasteiger partial charge is 0.326 e. The topological polar surface area (TPSA) is 82.6 Å². The third-order valence-corrected chi connectivity index (χ3v) is 8.73. The molecule has 34 heavy (non-hydrogen) atoms. The van der Waals surface area contributed by atoms with E-state index in [4.69, 9.17) is 0 Å². The summed E-state index contributed by atoms with van der Waals surface area (Å²) < 4.78 is 28.2. The number of sulfonamides is 1. The summed E-state index contributed by atoms with van der Waals surface area (Å²) in [7, 11) is -3.64. The average molecular weight is 479 g/mol. The number of hydrogen-bond acceptors (Lipinski definition) is 5. The Morgan fingerprint density at radius 3 is 2.65 bits per heavy atom. The maximum atomic E-state index is 13.3. The van der Waals surface area contributed by atoms with Crippen molar-refractivity contribution in [2.75, 3.05) is 38.0 Å². The number of carbonyl (C=O) groups is 1. The first-order chi connectivity index (χ1) is 16.4. The maximum Gasteiger partial charge on any atom is 0.245 e. The van der Waals surface area contributed by atoms with E-state index in [9.17, 15) is 13.2 Å². The summed E-state index contributed by atoms with van der Waals surface area (Å²) in [5.41, 5.74) is 5.10. The fourth-order valence-electron chi connectivity index (χ4n) is 4.92. The molecule has 0 radical (unpaired) electrons. The number of para-hydroxylation sites is 1. The van der Waals surface area contributed by atoms with Crippen molar-refractivity contribution in [1.29, 1.82) is 0 Å². The molecule has 2 heterocycles. The quantitative estimate of drug-likeness (QED) is 0.587. The molecule has 2 aromatic carbocycles. The van der Waals surface area contributed by atoms with Crippen LogP contribution in [0.25, 0.3) is 10.9 Å². The third kappa shape index (κ3) is 4.71. The highest BCUT2D eigenvalue weighted by molar-refractivity contribution is 7.89. The molecular weight excluding hydrogens is 448 g/mol. The van der Waals surface area contributed by atoms with E-state index in [2.05, 4.69) is 27.3 Å². The lowest BCUT2D eigenvalue weighted by Gasteiger charge is -2.33. The molecule has 1 aliphatic heterocycles. The van der Waals surface area contributed by atoms with Gasteiger partial charge in [0.2, 0.25) is 15.9 Å². The minimum atomic E-state index is -3.64. The van der Waals surface area contributed by atoms with Crippen LogP contribution in [-0.2, 0) is 27.7 Å². The SMILES string of the molecule is Cc1cnc2c(S(=O)(=O)N3CCN(CCC(=O)Nc4ccc5c(c4)CCC5)CC3)cccc2c1. The summed E-state index contributed by atoms with van der Waals surface area (Å²) in [5.74, 6) is -0.00915. The fraction of sp³-hybridized carbons (Fsp3) is 0.385. The number of nitrogens with zero attached hydrogens (tertiary/aromatic N) is 3. The zero-order valence-electron chi connectivity index (χ0n) is 19.5. The van der Waals surface area contributed by atoms with Crippen molar-refractivity contribution < 1.29 is 13.2 Å². The highest BCUT2D eigenvalue weighted by atomic mass is 32.2. The lowest BCUT2D eigenvalue weighted by atomic mass is 10.1. The summed E-state index contributed by atoms with van der Waals surface area (Å²) >= 11 is 0. The van der Waals surface area contributed by atoms with Crippen molar-refractivity contribution in [1.82, 2.24) is 14.2 Å². The summed E-state index contributed by atoms with van der Waals surface area (Å²) in [6, 6.07) is 13.4. The van der Waals surface area contributed by atoms with E-state index in [0.29, 0.717) is 44.7 Å².